The smallest absolute Gasteiger partial charge is 0.373 e. The predicted octanol–water partition coefficient (Wildman–Crippen LogP) is 2.94. The van der Waals surface area contributed by atoms with Crippen LogP contribution in [0.5, 0.6) is 0 Å². The van der Waals surface area contributed by atoms with Crippen molar-refractivity contribution in [3.05, 3.63) is 35.4 Å². The average Bonchev–Trinajstić information content (AvgIpc) is 2.94. The minimum atomic E-state index is -4.33. The maximum absolute atomic E-state index is 12.7. The molecule has 1 atom stereocenters. The van der Waals surface area contributed by atoms with Crippen molar-refractivity contribution in [2.24, 2.45) is 4.99 Å². The van der Waals surface area contributed by atoms with E-state index in [1.54, 1.807) is 13.1 Å². The average molecular weight is 329 g/mol. The fourth-order valence-electron chi connectivity index (χ4n) is 2.51. The summed E-state index contributed by atoms with van der Waals surface area (Å²) in [5, 5.41) is 6.18. The van der Waals surface area contributed by atoms with Crippen molar-refractivity contribution >= 4 is 5.96 Å². The molecule has 0 spiro atoms. The van der Waals surface area contributed by atoms with E-state index in [1.807, 2.05) is 6.92 Å². The Morgan fingerprint density at radius 2 is 2.13 bits per heavy atom. The van der Waals surface area contributed by atoms with Gasteiger partial charge in [0, 0.05) is 26.7 Å². The molecule has 128 valence electrons. The van der Waals surface area contributed by atoms with Crippen molar-refractivity contribution in [3.8, 4) is 0 Å². The lowest BCUT2D eigenvalue weighted by Crippen LogP contribution is -2.45. The molecule has 0 radical (unpaired) electrons. The third-order valence-corrected chi connectivity index (χ3v) is 3.87. The van der Waals surface area contributed by atoms with E-state index in [0.29, 0.717) is 18.1 Å². The van der Waals surface area contributed by atoms with Gasteiger partial charge in [-0.25, -0.2) is 0 Å². The quantitative estimate of drug-likeness (QED) is 0.659. The van der Waals surface area contributed by atoms with E-state index in [-0.39, 0.29) is 12.1 Å². The van der Waals surface area contributed by atoms with E-state index >= 15 is 0 Å². The number of halogens is 3. The van der Waals surface area contributed by atoms with Crippen LogP contribution in [0.2, 0.25) is 0 Å². The molecule has 4 nitrogen and oxygen atoms in total. The Bertz CT molecular complexity index is 552. The summed E-state index contributed by atoms with van der Waals surface area (Å²) in [4.78, 5) is 4.08. The maximum atomic E-state index is 12.7. The number of benzene rings is 1. The molecular weight excluding hydrogens is 307 g/mol. The van der Waals surface area contributed by atoms with Gasteiger partial charge in [0.2, 0.25) is 0 Å². The molecule has 1 fully saturated rings. The van der Waals surface area contributed by atoms with Gasteiger partial charge in [0.25, 0.3) is 0 Å². The van der Waals surface area contributed by atoms with Gasteiger partial charge >= 0.3 is 6.18 Å². The number of nitrogens with zero attached hydrogens (tertiary/aromatic N) is 1. The molecule has 1 aliphatic heterocycles. The number of alkyl halides is 3. The van der Waals surface area contributed by atoms with E-state index in [4.69, 9.17) is 4.74 Å². The number of rotatable bonds is 4. The van der Waals surface area contributed by atoms with Crippen molar-refractivity contribution in [3.63, 3.8) is 0 Å². The van der Waals surface area contributed by atoms with Gasteiger partial charge in [-0.2, -0.15) is 13.2 Å². The standard InChI is InChI=1S/C16H22F3N3O/c1-15(7-4-8-23-15)11-22-14(20-2)21-10-12-5-3-6-13(9-12)16(17,18)19/h3,5-6,9H,4,7-8,10-11H2,1-2H3,(H2,20,21,22). The summed E-state index contributed by atoms with van der Waals surface area (Å²) in [6.07, 6.45) is -2.32. The highest BCUT2D eigenvalue weighted by molar-refractivity contribution is 5.79. The molecule has 7 heteroatoms. The second-order valence-electron chi connectivity index (χ2n) is 5.88. The first-order valence-corrected chi connectivity index (χ1v) is 7.57. The third-order valence-electron chi connectivity index (χ3n) is 3.87. The molecule has 1 unspecified atom stereocenters. The third kappa shape index (κ3) is 5.13. The molecule has 2 N–H and O–H groups in total. The van der Waals surface area contributed by atoms with Gasteiger partial charge in [-0.3, -0.25) is 4.99 Å². The molecule has 1 saturated heterocycles. The number of aliphatic imine (C=N–C) groups is 1. The van der Waals surface area contributed by atoms with Gasteiger partial charge in [-0.1, -0.05) is 12.1 Å². The van der Waals surface area contributed by atoms with Gasteiger partial charge in [0.15, 0.2) is 5.96 Å². The highest BCUT2D eigenvalue weighted by Gasteiger charge is 2.31. The summed E-state index contributed by atoms with van der Waals surface area (Å²) in [5.41, 5.74) is -0.314. The van der Waals surface area contributed by atoms with Gasteiger partial charge < -0.3 is 15.4 Å². The fourth-order valence-corrected chi connectivity index (χ4v) is 2.51. The Morgan fingerprint density at radius 1 is 1.35 bits per heavy atom. The first-order valence-electron chi connectivity index (χ1n) is 7.57. The minimum absolute atomic E-state index is 0.214. The normalized spacial score (nSPS) is 22.2. The fraction of sp³-hybridized carbons (Fsp3) is 0.562. The molecule has 1 heterocycles. The Balaban J connectivity index is 1.88. The van der Waals surface area contributed by atoms with Gasteiger partial charge in [-0.05, 0) is 37.5 Å². The van der Waals surface area contributed by atoms with Crippen LogP contribution in [-0.2, 0) is 17.5 Å². The van der Waals surface area contributed by atoms with Crippen molar-refractivity contribution < 1.29 is 17.9 Å². The van der Waals surface area contributed by atoms with Crippen LogP contribution in [0.25, 0.3) is 0 Å². The SMILES string of the molecule is CN=C(NCc1cccc(C(F)(F)F)c1)NCC1(C)CCCO1. The highest BCUT2D eigenvalue weighted by Crippen LogP contribution is 2.29. The highest BCUT2D eigenvalue weighted by atomic mass is 19.4. The molecule has 0 saturated carbocycles. The largest absolute Gasteiger partial charge is 0.416 e. The van der Waals surface area contributed by atoms with Crippen LogP contribution in [0.15, 0.2) is 29.3 Å². The van der Waals surface area contributed by atoms with Gasteiger partial charge in [0.1, 0.15) is 0 Å². The molecule has 1 aromatic carbocycles. The Morgan fingerprint density at radius 3 is 2.74 bits per heavy atom. The molecule has 0 amide bonds. The number of ether oxygens (including phenoxy) is 1. The summed E-state index contributed by atoms with van der Waals surface area (Å²) in [6.45, 7) is 3.66. The first kappa shape index (κ1) is 17.6. The summed E-state index contributed by atoms with van der Waals surface area (Å²) in [7, 11) is 1.62. The van der Waals surface area contributed by atoms with Crippen LogP contribution in [0.1, 0.15) is 30.9 Å². The second kappa shape index (κ2) is 7.21. The topological polar surface area (TPSA) is 45.7 Å². The monoisotopic (exact) mass is 329 g/mol. The summed E-state index contributed by atoms with van der Waals surface area (Å²) >= 11 is 0. The van der Waals surface area contributed by atoms with Crippen molar-refractivity contribution in [1.82, 2.24) is 10.6 Å². The lowest BCUT2D eigenvalue weighted by atomic mass is 10.0. The van der Waals surface area contributed by atoms with E-state index in [0.717, 1.165) is 31.6 Å². The molecular formula is C16H22F3N3O. The van der Waals surface area contributed by atoms with Crippen LogP contribution < -0.4 is 10.6 Å². The van der Waals surface area contributed by atoms with E-state index in [1.165, 1.54) is 6.07 Å². The van der Waals surface area contributed by atoms with Crippen LogP contribution in [0.3, 0.4) is 0 Å². The molecule has 1 aromatic rings. The van der Waals surface area contributed by atoms with E-state index < -0.39 is 11.7 Å². The molecule has 1 aliphatic rings. The number of hydrogen-bond acceptors (Lipinski definition) is 2. The zero-order valence-electron chi connectivity index (χ0n) is 13.3. The van der Waals surface area contributed by atoms with Crippen molar-refractivity contribution in [2.75, 3.05) is 20.2 Å². The zero-order valence-corrected chi connectivity index (χ0v) is 13.3. The van der Waals surface area contributed by atoms with Gasteiger partial charge in [-0.15, -0.1) is 0 Å². The Kier molecular flexibility index (Phi) is 5.51. The summed E-state index contributed by atoms with van der Waals surface area (Å²) < 4.78 is 43.8. The van der Waals surface area contributed by atoms with Crippen LogP contribution in [0, 0.1) is 0 Å². The first-order chi connectivity index (χ1) is 10.8. The molecule has 0 aliphatic carbocycles. The maximum Gasteiger partial charge on any atom is 0.416 e. The van der Waals surface area contributed by atoms with E-state index in [9.17, 15) is 13.2 Å². The molecule has 2 rings (SSSR count). The van der Waals surface area contributed by atoms with Crippen LogP contribution in [-0.4, -0.2) is 31.8 Å². The van der Waals surface area contributed by atoms with Crippen LogP contribution >= 0.6 is 0 Å². The second-order valence-corrected chi connectivity index (χ2v) is 5.88. The molecule has 23 heavy (non-hydrogen) atoms. The molecule has 0 aromatic heterocycles. The lowest BCUT2D eigenvalue weighted by molar-refractivity contribution is -0.137. The summed E-state index contributed by atoms with van der Waals surface area (Å²) in [6, 6.07) is 5.26. The molecule has 0 bridgehead atoms. The van der Waals surface area contributed by atoms with Crippen molar-refractivity contribution in [1.29, 1.82) is 0 Å². The number of guanidine groups is 1. The van der Waals surface area contributed by atoms with Crippen LogP contribution in [0.4, 0.5) is 13.2 Å². The minimum Gasteiger partial charge on any atom is -0.373 e. The summed E-state index contributed by atoms with van der Waals surface area (Å²) in [5.74, 6) is 0.541. The van der Waals surface area contributed by atoms with E-state index in [2.05, 4.69) is 15.6 Å². The Hall–Kier alpha value is -1.76. The van der Waals surface area contributed by atoms with Crippen molar-refractivity contribution in [2.45, 2.75) is 38.1 Å². The number of nitrogens with one attached hydrogen (secondary N) is 2. The zero-order chi connectivity index (χ0) is 16.9. The number of hydrogen-bond donors (Lipinski definition) is 2. The predicted molar refractivity (Wildman–Crippen MR) is 83.2 cm³/mol. The van der Waals surface area contributed by atoms with Gasteiger partial charge in [0.05, 0.1) is 11.2 Å². The lowest BCUT2D eigenvalue weighted by Gasteiger charge is -2.24. The Labute approximate surface area is 134 Å².